The summed E-state index contributed by atoms with van der Waals surface area (Å²) < 4.78 is 12.0. The molecule has 1 saturated heterocycles. The molecular weight excluding hydrogens is 495 g/mol. The van der Waals surface area contributed by atoms with Crippen LogP contribution in [0.3, 0.4) is 0 Å². The number of benzene rings is 3. The molecule has 3 nitrogen and oxygen atoms in total. The van der Waals surface area contributed by atoms with Gasteiger partial charge in [0.2, 0.25) is 0 Å². The maximum atomic E-state index is 2.58. The zero-order valence-corrected chi connectivity index (χ0v) is 25.6. The van der Waals surface area contributed by atoms with E-state index in [-0.39, 0.29) is 0 Å². The Morgan fingerprint density at radius 1 is 0.528 bits per heavy atom. The molecule has 2 radical (unpaired) electrons. The molecule has 4 rings (SSSR count). The van der Waals surface area contributed by atoms with Crippen LogP contribution in [0.4, 0.5) is 0 Å². The average molecular weight is 538 g/mol. The fourth-order valence-corrected chi connectivity index (χ4v) is 10.7. The molecule has 0 atom stereocenters. The first-order chi connectivity index (χ1) is 17.2. The summed E-state index contributed by atoms with van der Waals surface area (Å²) in [5.41, 5.74) is 0. The Balaban J connectivity index is 0.000000202. The van der Waals surface area contributed by atoms with E-state index < -0.39 is 14.3 Å². The van der Waals surface area contributed by atoms with Gasteiger partial charge in [0.15, 0.2) is 0 Å². The Kier molecular flexibility index (Phi) is 11.0. The van der Waals surface area contributed by atoms with E-state index in [2.05, 4.69) is 168 Å². The Bertz CT molecular complexity index is 908. The van der Waals surface area contributed by atoms with Crippen molar-refractivity contribution in [1.82, 2.24) is 14.2 Å². The van der Waals surface area contributed by atoms with E-state index in [0.717, 1.165) is 0 Å². The molecular formula is C29H42B3GeN3. The summed E-state index contributed by atoms with van der Waals surface area (Å²) in [4.78, 5) is 0. The number of rotatable bonds is 6. The van der Waals surface area contributed by atoms with E-state index in [0.29, 0.717) is 32.1 Å². The van der Waals surface area contributed by atoms with Crippen molar-refractivity contribution < 1.29 is 0 Å². The molecule has 1 heterocycles. The van der Waals surface area contributed by atoms with Gasteiger partial charge in [-0.1, -0.05) is 55.2 Å². The second kappa shape index (κ2) is 13.7. The molecule has 0 N–H and O–H groups in total. The van der Waals surface area contributed by atoms with Crippen molar-refractivity contribution in [2.45, 2.75) is 73.3 Å². The van der Waals surface area contributed by atoms with Crippen molar-refractivity contribution in [3.8, 4) is 0 Å². The maximum absolute atomic E-state index is 2.58. The summed E-state index contributed by atoms with van der Waals surface area (Å²) in [5, 5.41) is 0. The van der Waals surface area contributed by atoms with Gasteiger partial charge in [-0.05, 0) is 18.1 Å². The molecule has 0 spiro atoms. The second-order valence-electron chi connectivity index (χ2n) is 10.5. The van der Waals surface area contributed by atoms with E-state index in [1.807, 2.05) is 0 Å². The molecule has 0 bridgehead atoms. The average Bonchev–Trinajstić information content (AvgIpc) is 2.86. The molecule has 1 fully saturated rings. The molecule has 36 heavy (non-hydrogen) atoms. The molecule has 3 aromatic carbocycles. The minimum absolute atomic E-state index is 0.472. The quantitative estimate of drug-likeness (QED) is 0.439. The molecule has 3 aromatic rings. The summed E-state index contributed by atoms with van der Waals surface area (Å²) in [6.07, 6.45) is 0. The first-order valence-electron chi connectivity index (χ1n) is 13.4. The minimum atomic E-state index is -1.63. The molecule has 0 aliphatic carbocycles. The van der Waals surface area contributed by atoms with Crippen LogP contribution in [-0.4, -0.2) is 68.2 Å². The fourth-order valence-electron chi connectivity index (χ4n) is 5.27. The van der Waals surface area contributed by atoms with Gasteiger partial charge in [0.05, 0.1) is 0 Å². The molecule has 186 valence electrons. The first kappa shape index (κ1) is 28.8. The van der Waals surface area contributed by atoms with Crippen molar-refractivity contribution in [3.05, 3.63) is 91.0 Å². The third kappa shape index (κ3) is 7.19. The molecule has 7 heteroatoms. The Hall–Kier alpha value is -1.72. The van der Waals surface area contributed by atoms with Crippen LogP contribution >= 0.6 is 0 Å². The van der Waals surface area contributed by atoms with Crippen LogP contribution in [0.15, 0.2) is 91.0 Å². The molecule has 0 saturated carbocycles. The number of hydrogen-bond donors (Lipinski definition) is 0. The molecule has 0 amide bonds. The van der Waals surface area contributed by atoms with E-state index in [1.165, 1.54) is 13.2 Å². The Morgan fingerprint density at radius 2 is 0.833 bits per heavy atom. The van der Waals surface area contributed by atoms with Gasteiger partial charge in [0.25, 0.3) is 21.5 Å². The van der Waals surface area contributed by atoms with Crippen LogP contribution in [0, 0.1) is 0 Å². The standard InChI is InChI=1S/C18H15Ge.C11H27B3N3/c1-4-10-16(11-5-1)19(17-12-6-2-7-13-17)18-14-8-3-9-15-18;1-9(2)15-12-16(10(3)4)14(8)17(11(5)6)13(15)7/h1-15H;9-11H,1-8H3. The van der Waals surface area contributed by atoms with Gasteiger partial charge in [0, 0.05) is 0 Å². The van der Waals surface area contributed by atoms with E-state index in [4.69, 9.17) is 0 Å². The summed E-state index contributed by atoms with van der Waals surface area (Å²) in [5.74, 6) is 0. The normalized spacial score (nSPS) is 15.4. The zero-order chi connectivity index (χ0) is 26.2. The van der Waals surface area contributed by atoms with Gasteiger partial charge in [0.1, 0.15) is 0 Å². The van der Waals surface area contributed by atoms with Gasteiger partial charge in [-0.3, -0.25) is 0 Å². The predicted molar refractivity (Wildman–Crippen MR) is 164 cm³/mol. The molecule has 1 aliphatic rings. The van der Waals surface area contributed by atoms with E-state index in [1.54, 1.807) is 0 Å². The number of hydrogen-bond acceptors (Lipinski definition) is 3. The van der Waals surface area contributed by atoms with E-state index >= 15 is 0 Å². The molecule has 0 aromatic heterocycles. The fraction of sp³-hybridized carbons (Fsp3) is 0.379. The predicted octanol–water partition coefficient (Wildman–Crippen LogP) is 4.10. The van der Waals surface area contributed by atoms with Gasteiger partial charge >= 0.3 is 119 Å². The van der Waals surface area contributed by atoms with E-state index in [9.17, 15) is 0 Å². The van der Waals surface area contributed by atoms with Gasteiger partial charge in [-0.25, -0.2) is 0 Å². The van der Waals surface area contributed by atoms with Crippen molar-refractivity contribution in [2.75, 3.05) is 0 Å². The van der Waals surface area contributed by atoms with Crippen LogP contribution in [-0.2, 0) is 0 Å². The Labute approximate surface area is 226 Å². The third-order valence-corrected chi connectivity index (χ3v) is 12.7. The van der Waals surface area contributed by atoms with Gasteiger partial charge in [-0.15, -0.1) is 0 Å². The zero-order valence-electron chi connectivity index (χ0n) is 23.5. The monoisotopic (exact) mass is 539 g/mol. The van der Waals surface area contributed by atoms with Gasteiger partial charge < -0.3 is 14.2 Å². The van der Waals surface area contributed by atoms with Crippen molar-refractivity contribution in [1.29, 1.82) is 0 Å². The third-order valence-electron chi connectivity index (χ3n) is 6.97. The van der Waals surface area contributed by atoms with Crippen molar-refractivity contribution >= 4 is 49.1 Å². The summed E-state index contributed by atoms with van der Waals surface area (Å²) in [7, 11) is 2.32. The SMILES string of the molecule is CB1N(C(C)C)[B]N(C(C)C)B(C)N1C(C)C.c1cc[c]([Ge]([c]2ccccc2)[c]2ccccc2)cc1. The topological polar surface area (TPSA) is 9.72 Å². The summed E-state index contributed by atoms with van der Waals surface area (Å²) >= 11 is -1.63. The molecule has 0 unspecified atom stereocenters. The second-order valence-corrected chi connectivity index (χ2v) is 15.7. The van der Waals surface area contributed by atoms with Crippen molar-refractivity contribution in [3.63, 3.8) is 0 Å². The first-order valence-corrected chi connectivity index (χ1v) is 16.6. The van der Waals surface area contributed by atoms with Crippen molar-refractivity contribution in [2.24, 2.45) is 0 Å². The summed E-state index contributed by atoms with van der Waals surface area (Å²) in [6, 6.07) is 34.4. The van der Waals surface area contributed by atoms with Crippen LogP contribution in [0.1, 0.15) is 41.5 Å². The molecule has 1 aliphatic heterocycles. The Morgan fingerprint density at radius 3 is 1.08 bits per heavy atom. The van der Waals surface area contributed by atoms with Gasteiger partial charge in [-0.2, -0.15) is 0 Å². The number of nitrogens with zero attached hydrogens (tertiary/aromatic N) is 3. The van der Waals surface area contributed by atoms with Crippen LogP contribution in [0.2, 0.25) is 13.6 Å². The summed E-state index contributed by atoms with van der Waals surface area (Å²) in [6.45, 7) is 19.2. The van der Waals surface area contributed by atoms with Crippen LogP contribution < -0.4 is 13.2 Å². The van der Waals surface area contributed by atoms with Crippen LogP contribution in [0.25, 0.3) is 0 Å². The van der Waals surface area contributed by atoms with Crippen LogP contribution in [0.5, 0.6) is 0 Å².